The summed E-state index contributed by atoms with van der Waals surface area (Å²) < 4.78 is 3.15. The largest absolute Gasteiger partial charge is 0.328 e. The molecular weight excluding hydrogens is 458 g/mol. The van der Waals surface area contributed by atoms with Crippen molar-refractivity contribution in [3.05, 3.63) is 55.3 Å². The van der Waals surface area contributed by atoms with Gasteiger partial charge < -0.3 is 10.3 Å². The highest BCUT2D eigenvalue weighted by molar-refractivity contribution is 7.98. The minimum absolute atomic E-state index is 0.0431. The van der Waals surface area contributed by atoms with Crippen molar-refractivity contribution in [2.75, 3.05) is 11.1 Å². The monoisotopic (exact) mass is 483 g/mol. The van der Waals surface area contributed by atoms with Gasteiger partial charge in [0.25, 0.3) is 5.56 Å². The van der Waals surface area contributed by atoms with Gasteiger partial charge in [0, 0.05) is 36.8 Å². The number of rotatable bonds is 6. The van der Waals surface area contributed by atoms with Gasteiger partial charge in [0.2, 0.25) is 5.91 Å². The van der Waals surface area contributed by atoms with E-state index < -0.39 is 0 Å². The molecule has 1 aliphatic carbocycles. The summed E-state index contributed by atoms with van der Waals surface area (Å²) >= 11 is 3.22. The summed E-state index contributed by atoms with van der Waals surface area (Å²) in [6.45, 7) is 0. The Balaban J connectivity index is 1.18. The summed E-state index contributed by atoms with van der Waals surface area (Å²) in [5, 5.41) is 3.67. The molecule has 1 aromatic carbocycles. The molecule has 0 fully saturated rings. The van der Waals surface area contributed by atoms with Crippen LogP contribution in [-0.4, -0.2) is 30.8 Å². The molecule has 10 heteroatoms. The number of carbonyl (C=O) groups excluding carboxylic acids is 1. The fourth-order valence-corrected chi connectivity index (χ4v) is 6.50. The van der Waals surface area contributed by atoms with E-state index >= 15 is 0 Å². The van der Waals surface area contributed by atoms with Crippen molar-refractivity contribution in [3.8, 4) is 0 Å². The summed E-state index contributed by atoms with van der Waals surface area (Å²) in [5.41, 5.74) is 3.31. The van der Waals surface area contributed by atoms with E-state index in [1.54, 1.807) is 52.4 Å². The number of aromatic nitrogens is 4. The lowest BCUT2D eigenvalue weighted by Gasteiger charge is -2.09. The molecule has 1 aliphatic rings. The number of carbonyl (C=O) groups is 1. The number of thioether (sulfide) groups is 1. The van der Waals surface area contributed by atoms with Gasteiger partial charge in [-0.3, -0.25) is 18.7 Å². The third kappa shape index (κ3) is 4.13. The number of benzene rings is 1. The molecule has 8 nitrogen and oxygen atoms in total. The van der Waals surface area contributed by atoms with Crippen LogP contribution in [0.5, 0.6) is 0 Å². The predicted octanol–water partition coefficient (Wildman–Crippen LogP) is 3.32. The van der Waals surface area contributed by atoms with Crippen LogP contribution < -0.4 is 16.6 Å². The summed E-state index contributed by atoms with van der Waals surface area (Å²) in [5.74, 6) is 1.73. The molecule has 0 unspecified atom stereocenters. The molecule has 0 aliphatic heterocycles. The lowest BCUT2D eigenvalue weighted by Crippen LogP contribution is -2.19. The number of hydrogen-bond donors (Lipinski definition) is 2. The van der Waals surface area contributed by atoms with Gasteiger partial charge in [0.15, 0.2) is 0 Å². The number of aromatic amines is 1. The highest BCUT2D eigenvalue weighted by Crippen LogP contribution is 2.33. The number of nitrogens with one attached hydrogen (secondary N) is 2. The number of fused-ring (bicyclic) bond motifs is 4. The van der Waals surface area contributed by atoms with E-state index in [0.717, 1.165) is 40.5 Å². The van der Waals surface area contributed by atoms with Crippen LogP contribution in [0.25, 0.3) is 21.3 Å². The third-order valence-electron chi connectivity index (χ3n) is 6.14. The first-order chi connectivity index (χ1) is 15.9. The first kappa shape index (κ1) is 22.0. The quantitative estimate of drug-likeness (QED) is 0.410. The maximum atomic E-state index is 12.6. The Morgan fingerprint density at radius 3 is 2.82 bits per heavy atom. The van der Waals surface area contributed by atoms with Gasteiger partial charge in [-0.15, -0.1) is 11.3 Å². The van der Waals surface area contributed by atoms with E-state index in [4.69, 9.17) is 0 Å². The maximum absolute atomic E-state index is 12.6. The normalized spacial score (nSPS) is 13.5. The van der Waals surface area contributed by atoms with E-state index in [1.807, 2.05) is 12.1 Å². The zero-order chi connectivity index (χ0) is 23.1. The SMILES string of the molecule is Cn1c(=O)n(C)c2cc(NC(=O)CCSCc3nc4sc5c(c4c(=O)[nH]3)CCCC5)ccc21. The summed E-state index contributed by atoms with van der Waals surface area (Å²) in [6.07, 6.45) is 4.67. The maximum Gasteiger partial charge on any atom is 0.328 e. The summed E-state index contributed by atoms with van der Waals surface area (Å²) in [4.78, 5) is 46.8. The lowest BCUT2D eigenvalue weighted by atomic mass is 9.97. The second kappa shape index (κ2) is 8.83. The molecule has 4 aromatic rings. The van der Waals surface area contributed by atoms with Crippen LogP contribution in [-0.2, 0) is 37.5 Å². The van der Waals surface area contributed by atoms with Gasteiger partial charge in [0.05, 0.1) is 22.2 Å². The third-order valence-corrected chi connectivity index (χ3v) is 8.30. The molecule has 0 saturated heterocycles. The number of thiophene rings is 1. The molecule has 0 saturated carbocycles. The number of hydrogen-bond acceptors (Lipinski definition) is 6. The molecule has 0 radical (unpaired) electrons. The van der Waals surface area contributed by atoms with E-state index in [2.05, 4.69) is 15.3 Å². The van der Waals surface area contributed by atoms with Crippen LogP contribution >= 0.6 is 23.1 Å². The van der Waals surface area contributed by atoms with E-state index in [1.165, 1.54) is 16.9 Å². The first-order valence-electron chi connectivity index (χ1n) is 11.0. The van der Waals surface area contributed by atoms with Gasteiger partial charge >= 0.3 is 5.69 Å². The molecule has 3 heterocycles. The van der Waals surface area contributed by atoms with Gasteiger partial charge in [-0.2, -0.15) is 11.8 Å². The Labute approximate surface area is 198 Å². The second-order valence-corrected chi connectivity index (χ2v) is 10.5. The highest BCUT2D eigenvalue weighted by Gasteiger charge is 2.19. The Bertz CT molecular complexity index is 1490. The van der Waals surface area contributed by atoms with Crippen LogP contribution in [0.3, 0.4) is 0 Å². The van der Waals surface area contributed by atoms with Gasteiger partial charge in [-0.05, 0) is 49.4 Å². The number of anilines is 1. The average molecular weight is 484 g/mol. The van der Waals surface area contributed by atoms with Crippen molar-refractivity contribution >= 4 is 55.9 Å². The van der Waals surface area contributed by atoms with Crippen molar-refractivity contribution in [3.63, 3.8) is 0 Å². The second-order valence-electron chi connectivity index (χ2n) is 8.36. The number of amides is 1. The molecule has 2 N–H and O–H groups in total. The minimum atomic E-state index is -0.0996. The Morgan fingerprint density at radius 2 is 1.97 bits per heavy atom. The zero-order valence-electron chi connectivity index (χ0n) is 18.6. The standard InChI is InChI=1S/C23H25N5O3S2/c1-27-15-8-7-13(11-16(15)28(2)23(27)31)24-19(29)9-10-32-12-18-25-21(30)20-14-5-3-4-6-17(14)33-22(20)26-18/h7-8,11H,3-6,9-10,12H2,1-2H3,(H,24,29)(H,25,26,30). The van der Waals surface area contributed by atoms with Crippen molar-refractivity contribution in [2.45, 2.75) is 37.9 Å². The molecule has 33 heavy (non-hydrogen) atoms. The smallest absolute Gasteiger partial charge is 0.326 e. The van der Waals surface area contributed by atoms with Gasteiger partial charge in [-0.25, -0.2) is 9.78 Å². The van der Waals surface area contributed by atoms with E-state index in [9.17, 15) is 14.4 Å². The Morgan fingerprint density at radius 1 is 1.18 bits per heavy atom. The molecule has 172 valence electrons. The van der Waals surface area contributed by atoms with Gasteiger partial charge in [0.1, 0.15) is 10.7 Å². The fourth-order valence-electron chi connectivity index (χ4n) is 4.42. The van der Waals surface area contributed by atoms with Gasteiger partial charge in [-0.1, -0.05) is 0 Å². The van der Waals surface area contributed by atoms with Crippen molar-refractivity contribution < 1.29 is 4.79 Å². The number of imidazole rings is 1. The van der Waals surface area contributed by atoms with Crippen LogP contribution in [0.1, 0.15) is 35.5 Å². The number of nitrogens with zero attached hydrogens (tertiary/aromatic N) is 3. The molecule has 0 bridgehead atoms. The van der Waals surface area contributed by atoms with Crippen molar-refractivity contribution in [2.24, 2.45) is 14.1 Å². The summed E-state index contributed by atoms with van der Waals surface area (Å²) in [7, 11) is 3.45. The van der Waals surface area contributed by atoms with Crippen molar-refractivity contribution in [1.29, 1.82) is 0 Å². The first-order valence-corrected chi connectivity index (χ1v) is 13.0. The van der Waals surface area contributed by atoms with E-state index in [-0.39, 0.29) is 17.2 Å². The number of H-pyrrole nitrogens is 1. The topological polar surface area (TPSA) is 102 Å². The molecule has 0 spiro atoms. The highest BCUT2D eigenvalue weighted by atomic mass is 32.2. The molecule has 5 rings (SSSR count). The fraction of sp³-hybridized carbons (Fsp3) is 0.391. The van der Waals surface area contributed by atoms with Crippen LogP contribution in [0.4, 0.5) is 5.69 Å². The summed E-state index contributed by atoms with van der Waals surface area (Å²) in [6, 6.07) is 5.45. The lowest BCUT2D eigenvalue weighted by molar-refractivity contribution is -0.115. The molecule has 1 amide bonds. The van der Waals surface area contributed by atoms with Crippen LogP contribution in [0, 0.1) is 0 Å². The Kier molecular flexibility index (Phi) is 5.88. The van der Waals surface area contributed by atoms with Crippen LogP contribution in [0.15, 0.2) is 27.8 Å². The molecular formula is C23H25N5O3S2. The van der Waals surface area contributed by atoms with Crippen LogP contribution in [0.2, 0.25) is 0 Å². The number of aryl methyl sites for hydroxylation is 4. The molecule has 3 aromatic heterocycles. The zero-order valence-corrected chi connectivity index (χ0v) is 20.2. The van der Waals surface area contributed by atoms with Crippen molar-refractivity contribution in [1.82, 2.24) is 19.1 Å². The Hall–Kier alpha value is -2.85. The predicted molar refractivity (Wildman–Crippen MR) is 134 cm³/mol. The molecule has 0 atom stereocenters. The average Bonchev–Trinajstić information content (AvgIpc) is 3.28. The van der Waals surface area contributed by atoms with E-state index in [0.29, 0.717) is 29.4 Å². The minimum Gasteiger partial charge on any atom is -0.326 e.